The first-order chi connectivity index (χ1) is 8.61. The summed E-state index contributed by atoms with van der Waals surface area (Å²) in [7, 11) is 0. The fourth-order valence-electron chi connectivity index (χ4n) is 2.79. The molecule has 3 heteroatoms. The molecule has 1 aliphatic rings. The Morgan fingerprint density at radius 3 is 2.89 bits per heavy atom. The van der Waals surface area contributed by atoms with Gasteiger partial charge in [-0.15, -0.1) is 0 Å². The average molecular weight is 330 g/mol. The molecule has 0 aliphatic heterocycles. The Bertz CT molecular complexity index is 444. The number of halogens is 2. The monoisotopic (exact) mass is 328 g/mol. The van der Waals surface area contributed by atoms with Gasteiger partial charge in [-0.2, -0.15) is 0 Å². The Labute approximate surface area is 122 Å². The zero-order chi connectivity index (χ0) is 13.1. The summed E-state index contributed by atoms with van der Waals surface area (Å²) < 4.78 is 0.843. The van der Waals surface area contributed by atoms with Gasteiger partial charge in [-0.05, 0) is 46.8 Å². The first-order valence-corrected chi connectivity index (χ1v) is 7.78. The Kier molecular flexibility index (Phi) is 4.85. The molecular formula is C15H18BrClO. The van der Waals surface area contributed by atoms with Crippen LogP contribution in [-0.2, 0) is 0 Å². The minimum atomic E-state index is 0.195. The fraction of sp³-hybridized carbons (Fsp3) is 0.533. The van der Waals surface area contributed by atoms with E-state index in [1.807, 2.05) is 12.1 Å². The Morgan fingerprint density at radius 2 is 2.22 bits per heavy atom. The van der Waals surface area contributed by atoms with Gasteiger partial charge >= 0.3 is 0 Å². The van der Waals surface area contributed by atoms with E-state index < -0.39 is 0 Å². The summed E-state index contributed by atoms with van der Waals surface area (Å²) in [4.78, 5) is 12.5. The summed E-state index contributed by atoms with van der Waals surface area (Å²) in [5.74, 6) is 1.18. The zero-order valence-electron chi connectivity index (χ0n) is 10.6. The van der Waals surface area contributed by atoms with E-state index in [1.54, 1.807) is 6.07 Å². The number of carbonyl (C=O) groups excluding carboxylic acids is 1. The lowest BCUT2D eigenvalue weighted by atomic mass is 9.77. The second kappa shape index (κ2) is 6.21. The number of Topliss-reactive ketones (excluding diaryl/α,β-unsaturated/α-hetero) is 1. The van der Waals surface area contributed by atoms with Crippen LogP contribution in [-0.4, -0.2) is 5.78 Å². The van der Waals surface area contributed by atoms with E-state index >= 15 is 0 Å². The van der Waals surface area contributed by atoms with Gasteiger partial charge in [-0.3, -0.25) is 4.79 Å². The summed E-state index contributed by atoms with van der Waals surface area (Å²) in [5, 5.41) is 0.615. The van der Waals surface area contributed by atoms with E-state index in [4.69, 9.17) is 11.6 Å². The van der Waals surface area contributed by atoms with Crippen molar-refractivity contribution in [1.29, 1.82) is 0 Å². The molecule has 0 aromatic heterocycles. The largest absolute Gasteiger partial charge is 0.294 e. The summed E-state index contributed by atoms with van der Waals surface area (Å²) >= 11 is 9.41. The molecule has 1 saturated carbocycles. The van der Waals surface area contributed by atoms with E-state index in [0.717, 1.165) is 28.8 Å². The number of ketones is 1. The highest BCUT2D eigenvalue weighted by Crippen LogP contribution is 2.34. The zero-order valence-corrected chi connectivity index (χ0v) is 12.9. The molecular weight excluding hydrogens is 312 g/mol. The van der Waals surface area contributed by atoms with E-state index in [0.29, 0.717) is 5.02 Å². The third kappa shape index (κ3) is 3.16. The third-order valence-corrected chi connectivity index (χ3v) is 5.17. The molecule has 0 saturated heterocycles. The molecule has 0 radical (unpaired) electrons. The van der Waals surface area contributed by atoms with Crippen molar-refractivity contribution >= 4 is 33.3 Å². The average Bonchev–Trinajstić information content (AvgIpc) is 2.41. The number of hydrogen-bond donors (Lipinski definition) is 0. The molecule has 1 fully saturated rings. The molecule has 0 amide bonds. The highest BCUT2D eigenvalue weighted by molar-refractivity contribution is 9.10. The maximum Gasteiger partial charge on any atom is 0.166 e. The minimum absolute atomic E-state index is 0.195. The van der Waals surface area contributed by atoms with Crippen LogP contribution >= 0.6 is 27.5 Å². The van der Waals surface area contributed by atoms with Crippen molar-refractivity contribution < 1.29 is 4.79 Å². The van der Waals surface area contributed by atoms with Gasteiger partial charge in [0.25, 0.3) is 0 Å². The summed E-state index contributed by atoms with van der Waals surface area (Å²) in [6, 6.07) is 5.51. The molecule has 1 nitrogen and oxygen atoms in total. The standard InChI is InChI=1S/C15H18BrClO/c1-2-10-4-3-5-11(8-10)15(18)12-6-7-13(16)14(17)9-12/h6-7,9-11H,2-5,8H2,1H3. The second-order valence-electron chi connectivity index (χ2n) is 5.13. The lowest BCUT2D eigenvalue weighted by Crippen LogP contribution is -2.22. The Balaban J connectivity index is 2.12. The highest BCUT2D eigenvalue weighted by Gasteiger charge is 2.27. The first kappa shape index (κ1) is 14.1. The number of rotatable bonds is 3. The topological polar surface area (TPSA) is 17.1 Å². The molecule has 98 valence electrons. The lowest BCUT2D eigenvalue weighted by Gasteiger charge is -2.27. The van der Waals surface area contributed by atoms with Crippen LogP contribution in [0.25, 0.3) is 0 Å². The van der Waals surface area contributed by atoms with Gasteiger partial charge in [0, 0.05) is 16.0 Å². The van der Waals surface area contributed by atoms with Gasteiger partial charge in [0.05, 0.1) is 5.02 Å². The lowest BCUT2D eigenvalue weighted by molar-refractivity contribution is 0.0862. The van der Waals surface area contributed by atoms with E-state index in [-0.39, 0.29) is 11.7 Å². The summed E-state index contributed by atoms with van der Waals surface area (Å²) in [6.45, 7) is 2.22. The van der Waals surface area contributed by atoms with Crippen molar-refractivity contribution in [2.75, 3.05) is 0 Å². The Morgan fingerprint density at radius 1 is 1.44 bits per heavy atom. The third-order valence-electron chi connectivity index (χ3n) is 3.94. The molecule has 0 spiro atoms. The van der Waals surface area contributed by atoms with Gasteiger partial charge in [0.2, 0.25) is 0 Å². The minimum Gasteiger partial charge on any atom is -0.294 e. The molecule has 2 atom stereocenters. The van der Waals surface area contributed by atoms with Gasteiger partial charge in [-0.25, -0.2) is 0 Å². The SMILES string of the molecule is CCC1CCCC(C(=O)c2ccc(Br)c(Cl)c2)C1. The van der Waals surface area contributed by atoms with Crippen molar-refractivity contribution in [1.82, 2.24) is 0 Å². The van der Waals surface area contributed by atoms with E-state index in [9.17, 15) is 4.79 Å². The first-order valence-electron chi connectivity index (χ1n) is 6.61. The Hall–Kier alpha value is -0.340. The summed E-state index contributed by atoms with van der Waals surface area (Å²) in [5.41, 5.74) is 0.755. The molecule has 1 aromatic rings. The molecule has 0 N–H and O–H groups in total. The van der Waals surface area contributed by atoms with Crippen molar-refractivity contribution in [3.8, 4) is 0 Å². The van der Waals surface area contributed by atoms with Gasteiger partial charge in [0.15, 0.2) is 5.78 Å². The fourth-order valence-corrected chi connectivity index (χ4v) is 3.21. The maximum atomic E-state index is 12.5. The van der Waals surface area contributed by atoms with Crippen LogP contribution < -0.4 is 0 Å². The van der Waals surface area contributed by atoms with Gasteiger partial charge in [-0.1, -0.05) is 43.9 Å². The van der Waals surface area contributed by atoms with E-state index in [2.05, 4.69) is 22.9 Å². The smallest absolute Gasteiger partial charge is 0.166 e. The predicted molar refractivity (Wildman–Crippen MR) is 79.2 cm³/mol. The second-order valence-corrected chi connectivity index (χ2v) is 6.39. The number of benzene rings is 1. The number of carbonyl (C=O) groups is 1. The van der Waals surface area contributed by atoms with Gasteiger partial charge in [0.1, 0.15) is 0 Å². The van der Waals surface area contributed by atoms with Crippen LogP contribution in [0.5, 0.6) is 0 Å². The summed E-state index contributed by atoms with van der Waals surface area (Å²) in [6.07, 6.45) is 5.72. The van der Waals surface area contributed by atoms with Crippen molar-refractivity contribution in [3.05, 3.63) is 33.3 Å². The normalized spacial score (nSPS) is 23.9. The van der Waals surface area contributed by atoms with E-state index in [1.165, 1.54) is 19.3 Å². The molecule has 0 heterocycles. The van der Waals surface area contributed by atoms with Crippen LogP contribution in [0, 0.1) is 11.8 Å². The molecule has 18 heavy (non-hydrogen) atoms. The molecule has 1 aliphatic carbocycles. The quantitative estimate of drug-likeness (QED) is 0.669. The van der Waals surface area contributed by atoms with Crippen LogP contribution in [0.4, 0.5) is 0 Å². The van der Waals surface area contributed by atoms with Crippen LogP contribution in [0.2, 0.25) is 5.02 Å². The van der Waals surface area contributed by atoms with Gasteiger partial charge < -0.3 is 0 Å². The van der Waals surface area contributed by atoms with Crippen LogP contribution in [0.15, 0.2) is 22.7 Å². The maximum absolute atomic E-state index is 12.5. The number of hydrogen-bond acceptors (Lipinski definition) is 1. The van der Waals surface area contributed by atoms with Crippen molar-refractivity contribution in [2.24, 2.45) is 11.8 Å². The predicted octanol–water partition coefficient (Wildman–Crippen LogP) is 5.50. The van der Waals surface area contributed by atoms with Crippen molar-refractivity contribution in [3.63, 3.8) is 0 Å². The molecule has 2 rings (SSSR count). The highest BCUT2D eigenvalue weighted by atomic mass is 79.9. The molecule has 0 bridgehead atoms. The van der Waals surface area contributed by atoms with Crippen molar-refractivity contribution in [2.45, 2.75) is 39.0 Å². The van der Waals surface area contributed by atoms with Crippen LogP contribution in [0.1, 0.15) is 49.4 Å². The molecule has 2 unspecified atom stereocenters. The van der Waals surface area contributed by atoms with Crippen LogP contribution in [0.3, 0.4) is 0 Å². The molecule has 1 aromatic carbocycles.